The van der Waals surface area contributed by atoms with Crippen LogP contribution in [0.3, 0.4) is 0 Å². The van der Waals surface area contributed by atoms with Crippen molar-refractivity contribution in [1.29, 1.82) is 0 Å². The first-order valence-electron chi connectivity index (χ1n) is 5.62. The summed E-state index contributed by atoms with van der Waals surface area (Å²) in [5.74, 6) is 6.07. The molecular formula is C13H13N3O2S. The summed E-state index contributed by atoms with van der Waals surface area (Å²) in [6.07, 6.45) is 0. The molecule has 5 nitrogen and oxygen atoms in total. The Morgan fingerprint density at radius 1 is 1.21 bits per heavy atom. The molecule has 0 aliphatic rings. The molecule has 2 aromatic carbocycles. The number of nitrogen functional groups attached to an aromatic ring is 1. The molecule has 0 atom stereocenters. The fraction of sp³-hybridized carbons (Fsp3) is 0.0769. The van der Waals surface area contributed by atoms with Crippen LogP contribution in [0.1, 0.15) is 5.56 Å². The van der Waals surface area contributed by atoms with Crippen molar-refractivity contribution in [2.45, 2.75) is 10.6 Å². The molecule has 0 heterocycles. The number of non-ortho nitro benzene ring substituents is 1. The van der Waals surface area contributed by atoms with Crippen LogP contribution in [0.25, 0.3) is 0 Å². The molecule has 0 saturated heterocycles. The van der Waals surface area contributed by atoms with Crippen molar-refractivity contribution in [3.05, 3.63) is 64.2 Å². The average Bonchev–Trinajstić information content (AvgIpc) is 2.45. The van der Waals surface area contributed by atoms with Crippen LogP contribution in [0.15, 0.2) is 53.4 Å². The molecule has 0 unspecified atom stereocenters. The van der Waals surface area contributed by atoms with Gasteiger partial charge in [0, 0.05) is 22.8 Å². The van der Waals surface area contributed by atoms with Gasteiger partial charge < -0.3 is 5.43 Å². The van der Waals surface area contributed by atoms with E-state index < -0.39 is 4.92 Å². The Labute approximate surface area is 114 Å². The Morgan fingerprint density at radius 3 is 2.58 bits per heavy atom. The lowest BCUT2D eigenvalue weighted by atomic mass is 10.2. The smallest absolute Gasteiger partial charge is 0.272 e. The van der Waals surface area contributed by atoms with E-state index in [4.69, 9.17) is 5.84 Å². The molecule has 0 saturated carbocycles. The minimum absolute atomic E-state index is 0.0333. The summed E-state index contributed by atoms with van der Waals surface area (Å²) in [5.41, 5.74) is 4.18. The Bertz CT molecular complexity index is 575. The molecule has 0 aromatic heterocycles. The predicted octanol–water partition coefficient (Wildman–Crippen LogP) is 3.17. The summed E-state index contributed by atoms with van der Waals surface area (Å²) in [7, 11) is 0. The van der Waals surface area contributed by atoms with Crippen LogP contribution < -0.4 is 11.3 Å². The quantitative estimate of drug-likeness (QED) is 0.379. The second kappa shape index (κ2) is 6.21. The van der Waals surface area contributed by atoms with Crippen LogP contribution in [-0.2, 0) is 5.75 Å². The summed E-state index contributed by atoms with van der Waals surface area (Å²) in [5, 5.41) is 10.8. The third-order valence-electron chi connectivity index (χ3n) is 2.52. The molecule has 0 spiro atoms. The first-order chi connectivity index (χ1) is 9.19. The minimum Gasteiger partial charge on any atom is -0.324 e. The van der Waals surface area contributed by atoms with E-state index in [1.807, 2.05) is 30.3 Å². The zero-order valence-electron chi connectivity index (χ0n) is 10.1. The minimum atomic E-state index is -0.423. The van der Waals surface area contributed by atoms with Gasteiger partial charge in [0.05, 0.1) is 10.6 Å². The Morgan fingerprint density at radius 2 is 1.95 bits per heavy atom. The molecule has 19 heavy (non-hydrogen) atoms. The summed E-state index contributed by atoms with van der Waals surface area (Å²) in [6, 6.07) is 14.7. The number of nitrogens with one attached hydrogen (secondary N) is 1. The zero-order chi connectivity index (χ0) is 13.7. The molecule has 0 amide bonds. The van der Waals surface area contributed by atoms with E-state index in [1.165, 1.54) is 23.4 Å². The number of hydrogen-bond acceptors (Lipinski definition) is 5. The van der Waals surface area contributed by atoms with Gasteiger partial charge in [-0.3, -0.25) is 16.0 Å². The number of rotatable bonds is 5. The lowest BCUT2D eigenvalue weighted by Gasteiger charge is -2.05. The van der Waals surface area contributed by atoms with Gasteiger partial charge in [0.15, 0.2) is 0 Å². The number of nitro groups is 1. The maximum Gasteiger partial charge on any atom is 0.272 e. The molecule has 98 valence electrons. The maximum absolute atomic E-state index is 10.8. The number of nitro benzene ring substituents is 1. The lowest BCUT2D eigenvalue weighted by molar-refractivity contribution is -0.385. The number of thioether (sulfide) groups is 1. The highest BCUT2D eigenvalue weighted by molar-refractivity contribution is 7.98. The number of hydrogen-bond donors (Lipinski definition) is 2. The molecule has 3 N–H and O–H groups in total. The van der Waals surface area contributed by atoms with E-state index in [0.717, 1.165) is 10.6 Å². The molecule has 0 aliphatic heterocycles. The van der Waals surface area contributed by atoms with Crippen LogP contribution in [-0.4, -0.2) is 4.92 Å². The van der Waals surface area contributed by atoms with Crippen molar-refractivity contribution in [3.63, 3.8) is 0 Å². The normalized spacial score (nSPS) is 10.2. The standard InChI is InChI=1S/C13H13N3O2S/c14-15-11-6-12(16(17)18)8-13(7-11)19-9-10-4-2-1-3-5-10/h1-8,15H,9,14H2. The van der Waals surface area contributed by atoms with Crippen molar-refractivity contribution in [2.24, 2.45) is 5.84 Å². The molecule has 0 fully saturated rings. The van der Waals surface area contributed by atoms with E-state index in [9.17, 15) is 10.1 Å². The first kappa shape index (κ1) is 13.4. The van der Waals surface area contributed by atoms with E-state index in [0.29, 0.717) is 5.69 Å². The number of nitrogens with two attached hydrogens (primary N) is 1. The van der Waals surface area contributed by atoms with Crippen LogP contribution in [0, 0.1) is 10.1 Å². The Kier molecular flexibility index (Phi) is 4.38. The third-order valence-corrected chi connectivity index (χ3v) is 3.56. The summed E-state index contributed by atoms with van der Waals surface area (Å²) < 4.78 is 0. The topological polar surface area (TPSA) is 81.2 Å². The molecule has 0 aliphatic carbocycles. The Hall–Kier alpha value is -2.05. The third kappa shape index (κ3) is 3.70. The molecule has 6 heteroatoms. The monoisotopic (exact) mass is 275 g/mol. The van der Waals surface area contributed by atoms with Gasteiger partial charge in [-0.15, -0.1) is 11.8 Å². The van der Waals surface area contributed by atoms with Gasteiger partial charge in [-0.25, -0.2) is 0 Å². The fourth-order valence-electron chi connectivity index (χ4n) is 1.60. The SMILES string of the molecule is NNc1cc(SCc2ccccc2)cc([N+](=O)[O-])c1. The van der Waals surface area contributed by atoms with Gasteiger partial charge in [-0.1, -0.05) is 30.3 Å². The van der Waals surface area contributed by atoms with Crippen molar-refractivity contribution in [2.75, 3.05) is 5.43 Å². The van der Waals surface area contributed by atoms with Crippen LogP contribution in [0.4, 0.5) is 11.4 Å². The van der Waals surface area contributed by atoms with Crippen LogP contribution in [0.2, 0.25) is 0 Å². The van der Waals surface area contributed by atoms with Gasteiger partial charge in [-0.2, -0.15) is 0 Å². The number of nitrogens with zero attached hydrogens (tertiary/aromatic N) is 1. The van der Waals surface area contributed by atoms with Crippen molar-refractivity contribution in [3.8, 4) is 0 Å². The number of hydrazine groups is 1. The molecule has 2 aromatic rings. The highest BCUT2D eigenvalue weighted by Gasteiger charge is 2.09. The highest BCUT2D eigenvalue weighted by atomic mass is 32.2. The summed E-state index contributed by atoms with van der Waals surface area (Å²) >= 11 is 1.53. The van der Waals surface area contributed by atoms with Crippen LogP contribution in [0.5, 0.6) is 0 Å². The number of anilines is 1. The van der Waals surface area contributed by atoms with E-state index in [-0.39, 0.29) is 5.69 Å². The van der Waals surface area contributed by atoms with Crippen molar-refractivity contribution < 1.29 is 4.92 Å². The van der Waals surface area contributed by atoms with Gasteiger partial charge >= 0.3 is 0 Å². The molecule has 2 rings (SSSR count). The van der Waals surface area contributed by atoms with Crippen LogP contribution >= 0.6 is 11.8 Å². The van der Waals surface area contributed by atoms with E-state index in [2.05, 4.69) is 5.43 Å². The van der Waals surface area contributed by atoms with Gasteiger partial charge in [-0.05, 0) is 11.6 Å². The van der Waals surface area contributed by atoms with E-state index >= 15 is 0 Å². The van der Waals surface area contributed by atoms with Crippen molar-refractivity contribution in [1.82, 2.24) is 0 Å². The van der Waals surface area contributed by atoms with Crippen molar-refractivity contribution >= 4 is 23.1 Å². The van der Waals surface area contributed by atoms with E-state index in [1.54, 1.807) is 12.1 Å². The molecule has 0 radical (unpaired) electrons. The predicted molar refractivity (Wildman–Crippen MR) is 76.9 cm³/mol. The zero-order valence-corrected chi connectivity index (χ0v) is 10.9. The number of benzene rings is 2. The summed E-state index contributed by atoms with van der Waals surface area (Å²) in [6.45, 7) is 0. The largest absolute Gasteiger partial charge is 0.324 e. The second-order valence-corrected chi connectivity index (χ2v) is 4.94. The second-order valence-electron chi connectivity index (χ2n) is 3.89. The Balaban J connectivity index is 2.15. The summed E-state index contributed by atoms with van der Waals surface area (Å²) in [4.78, 5) is 11.2. The van der Waals surface area contributed by atoms with Gasteiger partial charge in [0.25, 0.3) is 5.69 Å². The lowest BCUT2D eigenvalue weighted by Crippen LogP contribution is -2.07. The maximum atomic E-state index is 10.8. The average molecular weight is 275 g/mol. The highest BCUT2D eigenvalue weighted by Crippen LogP contribution is 2.29. The fourth-order valence-corrected chi connectivity index (χ4v) is 2.54. The molecular weight excluding hydrogens is 262 g/mol. The van der Waals surface area contributed by atoms with Gasteiger partial charge in [0.1, 0.15) is 0 Å². The molecule has 0 bridgehead atoms. The van der Waals surface area contributed by atoms with Gasteiger partial charge in [0.2, 0.25) is 0 Å². The first-order valence-corrected chi connectivity index (χ1v) is 6.60.